The van der Waals surface area contributed by atoms with Crippen molar-refractivity contribution < 1.29 is 9.50 Å². The second-order valence-corrected chi connectivity index (χ2v) is 7.24. The number of halogens is 1. The van der Waals surface area contributed by atoms with Gasteiger partial charge in [0.15, 0.2) is 5.11 Å². The Morgan fingerprint density at radius 3 is 2.29 bits per heavy atom. The van der Waals surface area contributed by atoms with Crippen molar-refractivity contribution in [3.63, 3.8) is 0 Å². The first-order valence-corrected chi connectivity index (χ1v) is 10.0. The average molecular weight is 439 g/mol. The molecule has 31 heavy (non-hydrogen) atoms. The Hall–Kier alpha value is -3.59. The van der Waals surface area contributed by atoms with E-state index in [1.165, 1.54) is 12.1 Å². The van der Waals surface area contributed by atoms with Gasteiger partial charge in [-0.15, -0.1) is 0 Å². The van der Waals surface area contributed by atoms with Crippen LogP contribution in [0.3, 0.4) is 0 Å². The smallest absolute Gasteiger partial charge is 0.229 e. The number of guanidine groups is 1. The fraction of sp³-hybridized carbons (Fsp3) is 0.182. The predicted octanol–water partition coefficient (Wildman–Crippen LogP) is 3.94. The average Bonchev–Trinajstić information content (AvgIpc) is 2.70. The van der Waals surface area contributed by atoms with Crippen molar-refractivity contribution >= 4 is 34.9 Å². The highest BCUT2D eigenvalue weighted by molar-refractivity contribution is 7.80. The molecule has 0 bridgehead atoms. The summed E-state index contributed by atoms with van der Waals surface area (Å²) in [6.45, 7) is 4.23. The van der Waals surface area contributed by atoms with E-state index in [1.807, 2.05) is 32.0 Å². The van der Waals surface area contributed by atoms with Crippen molar-refractivity contribution in [1.29, 1.82) is 0 Å². The lowest BCUT2D eigenvalue weighted by atomic mass is 10.1. The first kappa shape index (κ1) is 22.1. The van der Waals surface area contributed by atoms with Crippen molar-refractivity contribution in [2.24, 2.45) is 4.99 Å². The third-order valence-electron chi connectivity index (χ3n) is 4.15. The Kier molecular flexibility index (Phi) is 7.45. The Bertz CT molecular complexity index is 1050. The van der Waals surface area contributed by atoms with Crippen LogP contribution in [0.1, 0.15) is 17.0 Å². The van der Waals surface area contributed by atoms with Crippen LogP contribution in [-0.2, 0) is 6.42 Å². The van der Waals surface area contributed by atoms with Crippen molar-refractivity contribution in [3.05, 3.63) is 77.4 Å². The number of aromatic hydroxyl groups is 1. The summed E-state index contributed by atoms with van der Waals surface area (Å²) in [5.41, 5.74) is 3.33. The SMILES string of the molecule is Cc1cc(C)nc(NC(=NCCc2ccc(O)cc2)NC(=S)Nc2ccc(F)cc2)n1. The molecule has 7 nitrogen and oxygen atoms in total. The molecule has 0 spiro atoms. The Balaban J connectivity index is 1.71. The molecular weight excluding hydrogens is 415 g/mol. The van der Waals surface area contributed by atoms with Crippen LogP contribution in [-0.4, -0.2) is 32.7 Å². The number of aryl methyl sites for hydroxylation is 2. The molecule has 160 valence electrons. The fourth-order valence-electron chi connectivity index (χ4n) is 2.76. The first-order chi connectivity index (χ1) is 14.9. The topological polar surface area (TPSA) is 94.5 Å². The number of hydrogen-bond donors (Lipinski definition) is 4. The minimum Gasteiger partial charge on any atom is -0.508 e. The van der Waals surface area contributed by atoms with Gasteiger partial charge in [-0.25, -0.2) is 14.4 Å². The molecule has 0 fully saturated rings. The molecule has 3 aromatic rings. The second-order valence-electron chi connectivity index (χ2n) is 6.83. The molecule has 3 rings (SSSR count). The van der Waals surface area contributed by atoms with E-state index in [1.54, 1.807) is 24.3 Å². The predicted molar refractivity (Wildman–Crippen MR) is 125 cm³/mol. The normalized spacial score (nSPS) is 11.1. The van der Waals surface area contributed by atoms with Gasteiger partial charge in [0.2, 0.25) is 11.9 Å². The summed E-state index contributed by atoms with van der Waals surface area (Å²) in [6, 6.07) is 14.7. The molecule has 0 aliphatic heterocycles. The van der Waals surface area contributed by atoms with E-state index in [-0.39, 0.29) is 16.7 Å². The van der Waals surface area contributed by atoms with Gasteiger partial charge in [0.1, 0.15) is 11.6 Å². The van der Waals surface area contributed by atoms with E-state index in [2.05, 4.69) is 30.9 Å². The van der Waals surface area contributed by atoms with Crippen LogP contribution in [0, 0.1) is 19.7 Å². The summed E-state index contributed by atoms with van der Waals surface area (Å²) in [5, 5.41) is 18.8. The molecule has 0 saturated heterocycles. The lowest BCUT2D eigenvalue weighted by Gasteiger charge is -2.14. The van der Waals surface area contributed by atoms with E-state index in [0.717, 1.165) is 17.0 Å². The van der Waals surface area contributed by atoms with Gasteiger partial charge in [0.25, 0.3) is 0 Å². The molecule has 1 aromatic heterocycles. The molecule has 2 aromatic carbocycles. The van der Waals surface area contributed by atoms with Crippen molar-refractivity contribution in [2.75, 3.05) is 17.2 Å². The van der Waals surface area contributed by atoms with Gasteiger partial charge in [0, 0.05) is 23.6 Å². The van der Waals surface area contributed by atoms with Crippen LogP contribution in [0.2, 0.25) is 0 Å². The number of hydrogen-bond acceptors (Lipinski definition) is 5. The molecule has 0 atom stereocenters. The van der Waals surface area contributed by atoms with Crippen LogP contribution in [0.15, 0.2) is 59.6 Å². The molecule has 0 saturated carbocycles. The van der Waals surface area contributed by atoms with Crippen LogP contribution in [0.4, 0.5) is 16.0 Å². The summed E-state index contributed by atoms with van der Waals surface area (Å²) in [7, 11) is 0. The third kappa shape index (κ3) is 7.31. The lowest BCUT2D eigenvalue weighted by molar-refractivity contribution is 0.475. The quantitative estimate of drug-likeness (QED) is 0.272. The summed E-state index contributed by atoms with van der Waals surface area (Å²) >= 11 is 5.37. The monoisotopic (exact) mass is 438 g/mol. The zero-order chi connectivity index (χ0) is 22.2. The van der Waals surface area contributed by atoms with E-state index < -0.39 is 0 Å². The molecule has 0 unspecified atom stereocenters. The van der Waals surface area contributed by atoms with Crippen molar-refractivity contribution in [1.82, 2.24) is 15.3 Å². The number of thiocarbonyl (C=S) groups is 1. The fourth-order valence-corrected chi connectivity index (χ4v) is 2.98. The summed E-state index contributed by atoms with van der Waals surface area (Å²) in [5.74, 6) is 0.677. The van der Waals surface area contributed by atoms with Gasteiger partial charge in [0.05, 0.1) is 0 Å². The van der Waals surface area contributed by atoms with Gasteiger partial charge in [-0.1, -0.05) is 12.1 Å². The minimum atomic E-state index is -0.324. The number of nitrogens with one attached hydrogen (secondary N) is 3. The van der Waals surface area contributed by atoms with Crippen molar-refractivity contribution in [2.45, 2.75) is 20.3 Å². The summed E-state index contributed by atoms with van der Waals surface area (Å²) in [6.07, 6.45) is 0.666. The second kappa shape index (κ2) is 10.4. The molecular formula is C22H23FN6OS. The summed E-state index contributed by atoms with van der Waals surface area (Å²) < 4.78 is 13.1. The highest BCUT2D eigenvalue weighted by Crippen LogP contribution is 2.11. The maximum absolute atomic E-state index is 13.1. The molecule has 9 heteroatoms. The number of nitrogens with zero attached hydrogens (tertiary/aromatic N) is 3. The Morgan fingerprint density at radius 2 is 1.65 bits per heavy atom. The van der Waals surface area contributed by atoms with E-state index >= 15 is 0 Å². The zero-order valence-electron chi connectivity index (χ0n) is 17.2. The maximum atomic E-state index is 13.1. The molecule has 4 N–H and O–H groups in total. The highest BCUT2D eigenvalue weighted by atomic mass is 32.1. The largest absolute Gasteiger partial charge is 0.508 e. The van der Waals surface area contributed by atoms with Gasteiger partial charge in [-0.05, 0) is 80.5 Å². The van der Waals surface area contributed by atoms with E-state index in [9.17, 15) is 9.50 Å². The first-order valence-electron chi connectivity index (χ1n) is 9.62. The van der Waals surface area contributed by atoms with Crippen LogP contribution < -0.4 is 16.0 Å². The highest BCUT2D eigenvalue weighted by Gasteiger charge is 2.07. The van der Waals surface area contributed by atoms with Crippen molar-refractivity contribution in [3.8, 4) is 5.75 Å². The molecule has 0 radical (unpaired) electrons. The van der Waals surface area contributed by atoms with E-state index in [0.29, 0.717) is 30.6 Å². The number of benzene rings is 2. The number of aromatic nitrogens is 2. The zero-order valence-corrected chi connectivity index (χ0v) is 18.0. The maximum Gasteiger partial charge on any atom is 0.229 e. The number of phenols is 1. The van der Waals surface area contributed by atoms with Crippen LogP contribution in [0.25, 0.3) is 0 Å². The minimum absolute atomic E-state index is 0.223. The Labute approximate surface area is 185 Å². The standard InChI is InChI=1S/C22H23FN6OS/c1-14-13-15(2)26-21(25-14)28-20(24-12-11-16-3-9-19(30)10-4-16)29-22(31)27-18-7-5-17(23)6-8-18/h3-10,13,30H,11-12H2,1-2H3,(H3,24,25,26,27,28,29,31). The molecule has 0 amide bonds. The number of aliphatic imine (C=N–C) groups is 1. The van der Waals surface area contributed by atoms with Gasteiger partial charge < -0.3 is 15.7 Å². The van der Waals surface area contributed by atoms with Gasteiger partial charge in [-0.2, -0.15) is 0 Å². The third-order valence-corrected chi connectivity index (χ3v) is 4.36. The van der Waals surface area contributed by atoms with Gasteiger partial charge in [-0.3, -0.25) is 10.3 Å². The number of phenolic OH excluding ortho intramolecular Hbond substituents is 1. The molecule has 1 heterocycles. The van der Waals surface area contributed by atoms with Gasteiger partial charge >= 0.3 is 0 Å². The summed E-state index contributed by atoms with van der Waals surface area (Å²) in [4.78, 5) is 13.3. The van der Waals surface area contributed by atoms with E-state index in [4.69, 9.17) is 12.2 Å². The van der Waals surface area contributed by atoms with Crippen LogP contribution >= 0.6 is 12.2 Å². The Morgan fingerprint density at radius 1 is 1.00 bits per heavy atom. The van der Waals surface area contributed by atoms with Crippen LogP contribution in [0.5, 0.6) is 5.75 Å². The number of anilines is 2. The number of rotatable bonds is 5. The molecule has 0 aliphatic carbocycles. The lowest BCUT2D eigenvalue weighted by Crippen LogP contribution is -2.39. The molecule has 0 aliphatic rings.